The topological polar surface area (TPSA) is 57.8 Å². The second-order valence-corrected chi connectivity index (χ2v) is 7.23. The minimum Gasteiger partial charge on any atom is -0.338 e. The van der Waals surface area contributed by atoms with Crippen LogP contribution in [0.2, 0.25) is 10.0 Å². The molecule has 1 heterocycles. The number of carbonyl (C=O) groups excluding carboxylic acids is 1. The van der Waals surface area contributed by atoms with E-state index in [1.54, 1.807) is 36.4 Å². The molecule has 0 spiro atoms. The van der Waals surface area contributed by atoms with Crippen molar-refractivity contribution in [2.75, 3.05) is 5.32 Å². The third-order valence-corrected chi connectivity index (χ3v) is 5.19. The molecular weight excluding hydrogens is 393 g/mol. The van der Waals surface area contributed by atoms with Crippen LogP contribution < -0.4 is 5.32 Å². The van der Waals surface area contributed by atoms with Gasteiger partial charge in [0.15, 0.2) is 0 Å². The number of fused-ring (bicyclic) bond motifs is 1. The van der Waals surface area contributed by atoms with Crippen LogP contribution in [0.1, 0.15) is 22.8 Å². The summed E-state index contributed by atoms with van der Waals surface area (Å²) in [5.41, 5.74) is 4.63. The van der Waals surface area contributed by atoms with Gasteiger partial charge in [-0.05, 0) is 54.4 Å². The highest BCUT2D eigenvalue weighted by Crippen LogP contribution is 2.33. The maximum absolute atomic E-state index is 12.6. The van der Waals surface area contributed by atoms with Crippen molar-refractivity contribution in [1.29, 1.82) is 0 Å². The molecule has 0 aliphatic rings. The number of aryl methyl sites for hydroxylation is 1. The van der Waals surface area contributed by atoms with E-state index in [2.05, 4.69) is 22.2 Å². The van der Waals surface area contributed by atoms with Crippen LogP contribution in [-0.2, 0) is 6.42 Å². The number of rotatable bonds is 4. The van der Waals surface area contributed by atoms with Gasteiger partial charge in [0.2, 0.25) is 0 Å². The number of amides is 1. The van der Waals surface area contributed by atoms with Crippen molar-refractivity contribution >= 4 is 45.8 Å². The highest BCUT2D eigenvalue weighted by molar-refractivity contribution is 6.39. The molecule has 0 fully saturated rings. The van der Waals surface area contributed by atoms with Crippen LogP contribution in [0.25, 0.3) is 22.4 Å². The molecule has 28 heavy (non-hydrogen) atoms. The zero-order valence-corrected chi connectivity index (χ0v) is 16.6. The van der Waals surface area contributed by atoms with E-state index in [0.29, 0.717) is 27.0 Å². The fourth-order valence-corrected chi connectivity index (χ4v) is 3.60. The number of imidazole rings is 1. The van der Waals surface area contributed by atoms with Crippen molar-refractivity contribution in [1.82, 2.24) is 9.97 Å². The van der Waals surface area contributed by atoms with Gasteiger partial charge in [0, 0.05) is 11.3 Å². The van der Waals surface area contributed by atoms with Crippen molar-refractivity contribution in [2.45, 2.75) is 13.3 Å². The second-order valence-electron chi connectivity index (χ2n) is 6.42. The lowest BCUT2D eigenvalue weighted by atomic mass is 10.1. The Bertz CT molecular complexity index is 1150. The first-order chi connectivity index (χ1) is 13.5. The van der Waals surface area contributed by atoms with Crippen molar-refractivity contribution in [3.05, 3.63) is 81.8 Å². The normalized spacial score (nSPS) is 11.0. The summed E-state index contributed by atoms with van der Waals surface area (Å²) in [7, 11) is 0. The van der Waals surface area contributed by atoms with Gasteiger partial charge in [0.1, 0.15) is 5.82 Å². The van der Waals surface area contributed by atoms with Crippen LogP contribution in [0.15, 0.2) is 60.7 Å². The number of aromatic amines is 1. The Morgan fingerprint density at radius 1 is 1.04 bits per heavy atom. The third kappa shape index (κ3) is 3.61. The molecule has 1 aromatic heterocycles. The van der Waals surface area contributed by atoms with Crippen molar-refractivity contribution in [3.63, 3.8) is 0 Å². The number of aromatic nitrogens is 2. The molecule has 140 valence electrons. The van der Waals surface area contributed by atoms with Crippen LogP contribution in [0.5, 0.6) is 0 Å². The second kappa shape index (κ2) is 7.66. The Labute approximate surface area is 172 Å². The average molecular weight is 410 g/mol. The first-order valence-electron chi connectivity index (χ1n) is 8.89. The highest BCUT2D eigenvalue weighted by Gasteiger charge is 2.14. The predicted octanol–water partition coefficient (Wildman–Crippen LogP) is 6.35. The summed E-state index contributed by atoms with van der Waals surface area (Å²) < 4.78 is 0. The number of H-pyrrole nitrogens is 1. The summed E-state index contributed by atoms with van der Waals surface area (Å²) in [5, 5.41) is 3.94. The van der Waals surface area contributed by atoms with E-state index in [-0.39, 0.29) is 5.91 Å². The molecule has 0 radical (unpaired) electrons. The number of nitrogens with zero attached hydrogens (tertiary/aromatic N) is 1. The van der Waals surface area contributed by atoms with Gasteiger partial charge in [-0.25, -0.2) is 4.98 Å². The minimum absolute atomic E-state index is 0.182. The quantitative estimate of drug-likeness (QED) is 0.412. The number of nitrogens with one attached hydrogen (secondary N) is 2. The van der Waals surface area contributed by atoms with Gasteiger partial charge in [-0.3, -0.25) is 4.79 Å². The summed E-state index contributed by atoms with van der Waals surface area (Å²) in [6.07, 6.45) is 0.961. The fraction of sp³-hybridized carbons (Fsp3) is 0.0909. The van der Waals surface area contributed by atoms with E-state index >= 15 is 0 Å². The van der Waals surface area contributed by atoms with Gasteiger partial charge in [-0.2, -0.15) is 0 Å². The number of hydrogen-bond acceptors (Lipinski definition) is 2. The van der Waals surface area contributed by atoms with Crippen LogP contribution in [-0.4, -0.2) is 15.9 Å². The molecule has 3 aromatic carbocycles. The number of anilines is 1. The summed E-state index contributed by atoms with van der Waals surface area (Å²) >= 11 is 12.6. The third-order valence-electron chi connectivity index (χ3n) is 4.56. The van der Waals surface area contributed by atoms with Gasteiger partial charge in [0.25, 0.3) is 5.91 Å². The van der Waals surface area contributed by atoms with Gasteiger partial charge in [0.05, 0.1) is 26.6 Å². The average Bonchev–Trinajstić information content (AvgIpc) is 3.11. The first kappa shape index (κ1) is 18.5. The molecule has 1 amide bonds. The zero-order chi connectivity index (χ0) is 19.7. The van der Waals surface area contributed by atoms with Gasteiger partial charge < -0.3 is 10.3 Å². The Hall–Kier alpha value is -2.82. The van der Waals surface area contributed by atoms with Crippen molar-refractivity contribution in [2.24, 2.45) is 0 Å². The van der Waals surface area contributed by atoms with Gasteiger partial charge in [-0.15, -0.1) is 0 Å². The minimum atomic E-state index is -0.182. The van der Waals surface area contributed by atoms with Crippen LogP contribution in [0, 0.1) is 0 Å². The fourth-order valence-electron chi connectivity index (χ4n) is 3.02. The smallest absolute Gasteiger partial charge is 0.255 e. The maximum atomic E-state index is 12.6. The summed E-state index contributed by atoms with van der Waals surface area (Å²) in [6, 6.07) is 18.5. The van der Waals surface area contributed by atoms with Crippen LogP contribution >= 0.6 is 23.2 Å². The molecule has 0 bridgehead atoms. The molecule has 4 rings (SSSR count). The number of halogens is 2. The standard InChI is InChI=1S/C22H17Cl2N3O/c1-2-13-6-9-15(10-7-13)25-22(28)14-8-11-18-19(12-14)27-21(26-18)20-16(23)4-3-5-17(20)24/h3-12H,2H2,1H3,(H,25,28)(H,26,27). The predicted molar refractivity (Wildman–Crippen MR) is 115 cm³/mol. The molecule has 4 aromatic rings. The number of carbonyl (C=O) groups is 1. The summed E-state index contributed by atoms with van der Waals surface area (Å²) in [4.78, 5) is 20.4. The summed E-state index contributed by atoms with van der Waals surface area (Å²) in [5.74, 6) is 0.386. The van der Waals surface area contributed by atoms with Crippen LogP contribution in [0.4, 0.5) is 5.69 Å². The lowest BCUT2D eigenvalue weighted by Crippen LogP contribution is -2.11. The Balaban J connectivity index is 1.63. The first-order valence-corrected chi connectivity index (χ1v) is 9.65. The molecule has 0 atom stereocenters. The SMILES string of the molecule is CCc1ccc(NC(=O)c2ccc3nc(-c4c(Cl)cccc4Cl)[nH]c3c2)cc1. The molecular formula is C22H17Cl2N3O. The van der Waals surface area contributed by atoms with E-state index in [4.69, 9.17) is 23.2 Å². The Morgan fingerprint density at radius 2 is 1.75 bits per heavy atom. The molecule has 0 saturated carbocycles. The van der Waals surface area contributed by atoms with Crippen molar-refractivity contribution < 1.29 is 4.79 Å². The van der Waals surface area contributed by atoms with E-state index in [1.165, 1.54) is 5.56 Å². The number of benzene rings is 3. The largest absolute Gasteiger partial charge is 0.338 e. The van der Waals surface area contributed by atoms with Crippen LogP contribution in [0.3, 0.4) is 0 Å². The molecule has 0 saturated heterocycles. The Morgan fingerprint density at radius 3 is 2.43 bits per heavy atom. The zero-order valence-electron chi connectivity index (χ0n) is 15.1. The Kier molecular flexibility index (Phi) is 5.07. The van der Waals surface area contributed by atoms with E-state index in [9.17, 15) is 4.79 Å². The van der Waals surface area contributed by atoms with E-state index in [1.807, 2.05) is 24.3 Å². The lowest BCUT2D eigenvalue weighted by Gasteiger charge is -2.06. The highest BCUT2D eigenvalue weighted by atomic mass is 35.5. The molecule has 4 nitrogen and oxygen atoms in total. The molecule has 2 N–H and O–H groups in total. The maximum Gasteiger partial charge on any atom is 0.255 e. The molecule has 0 aliphatic heterocycles. The van der Waals surface area contributed by atoms with Gasteiger partial charge >= 0.3 is 0 Å². The van der Waals surface area contributed by atoms with E-state index < -0.39 is 0 Å². The number of hydrogen-bond donors (Lipinski definition) is 2. The van der Waals surface area contributed by atoms with Crippen molar-refractivity contribution in [3.8, 4) is 11.4 Å². The molecule has 0 unspecified atom stereocenters. The van der Waals surface area contributed by atoms with E-state index in [0.717, 1.165) is 23.1 Å². The van der Waals surface area contributed by atoms with Gasteiger partial charge in [-0.1, -0.05) is 48.3 Å². The molecule has 6 heteroatoms. The lowest BCUT2D eigenvalue weighted by molar-refractivity contribution is 0.102. The monoisotopic (exact) mass is 409 g/mol. The summed E-state index contributed by atoms with van der Waals surface area (Å²) in [6.45, 7) is 2.09. The molecule has 0 aliphatic carbocycles.